The SMILES string of the molecule is CC1(C)c2ccccc2-c2cc3c4cc(-c5ccc6c(c5)c5ccccc5n6-c5ccccc5)ccc4n(-c4cccc(C5=NC(c6ccccc6)NC(c6ccccc6)=N5)c4)c3cc21. The Bertz CT molecular complexity index is 3760. The van der Waals surface area contributed by atoms with Crippen LogP contribution in [0.5, 0.6) is 0 Å². The Labute approximate surface area is 377 Å². The average molecular weight is 834 g/mol. The molecule has 5 heteroatoms. The number of rotatable bonds is 6. The summed E-state index contributed by atoms with van der Waals surface area (Å²) in [5.41, 5.74) is 17.6. The summed E-state index contributed by atoms with van der Waals surface area (Å²) in [5, 5.41) is 8.55. The van der Waals surface area contributed by atoms with Crippen molar-refractivity contribution >= 4 is 55.3 Å². The largest absolute Gasteiger partial charge is 0.344 e. The number of nitrogens with one attached hydrogen (secondary N) is 1. The fraction of sp³-hybridized carbons (Fsp3) is 0.0667. The zero-order chi connectivity index (χ0) is 43.2. The van der Waals surface area contributed by atoms with Crippen LogP contribution in [0.15, 0.2) is 222 Å². The van der Waals surface area contributed by atoms with Crippen LogP contribution in [-0.4, -0.2) is 20.8 Å². The van der Waals surface area contributed by atoms with Gasteiger partial charge in [0.2, 0.25) is 0 Å². The summed E-state index contributed by atoms with van der Waals surface area (Å²) < 4.78 is 4.83. The topological polar surface area (TPSA) is 46.6 Å². The van der Waals surface area contributed by atoms with Crippen molar-refractivity contribution in [1.82, 2.24) is 14.5 Å². The molecule has 1 unspecified atom stereocenters. The zero-order valence-electron chi connectivity index (χ0n) is 36.1. The minimum absolute atomic E-state index is 0.151. The molecule has 0 fully saturated rings. The summed E-state index contributed by atoms with van der Waals surface area (Å²) in [5.74, 6) is 1.50. The quantitative estimate of drug-likeness (QED) is 0.178. The third kappa shape index (κ3) is 5.86. The average Bonchev–Trinajstić information content (AvgIpc) is 3.96. The van der Waals surface area contributed by atoms with Crippen molar-refractivity contribution < 1.29 is 0 Å². The van der Waals surface area contributed by atoms with E-state index < -0.39 is 0 Å². The third-order valence-corrected chi connectivity index (χ3v) is 13.8. The fourth-order valence-electron chi connectivity index (χ4n) is 10.6. The van der Waals surface area contributed by atoms with E-state index in [0.29, 0.717) is 5.84 Å². The van der Waals surface area contributed by atoms with Gasteiger partial charge in [-0.05, 0) is 106 Å². The van der Waals surface area contributed by atoms with Gasteiger partial charge < -0.3 is 14.5 Å². The molecular formula is C60H43N5. The molecule has 1 aliphatic carbocycles. The van der Waals surface area contributed by atoms with Gasteiger partial charge in [0.1, 0.15) is 12.0 Å². The highest BCUT2D eigenvalue weighted by atomic mass is 15.2. The number of benzene rings is 9. The van der Waals surface area contributed by atoms with Crippen molar-refractivity contribution in [2.45, 2.75) is 25.4 Å². The van der Waals surface area contributed by atoms with Crippen LogP contribution in [0.3, 0.4) is 0 Å². The van der Waals surface area contributed by atoms with Crippen molar-refractivity contribution in [3.8, 4) is 33.6 Å². The molecule has 308 valence electrons. The highest BCUT2D eigenvalue weighted by molar-refractivity contribution is 6.15. The number of hydrogen-bond donors (Lipinski definition) is 1. The zero-order valence-corrected chi connectivity index (χ0v) is 36.1. The molecule has 0 amide bonds. The number of fused-ring (bicyclic) bond motifs is 9. The van der Waals surface area contributed by atoms with E-state index in [1.807, 2.05) is 12.1 Å². The third-order valence-electron chi connectivity index (χ3n) is 13.8. The van der Waals surface area contributed by atoms with Crippen LogP contribution >= 0.6 is 0 Å². The standard InChI is InChI=1S/C60H43N5/c1-60(2)51-27-14-12-25-45(51)47-36-50-49-35-41(40-29-31-54-48(34-40)46-26-13-15-28-53(46)64(54)43-22-10-5-11-23-43)30-32-55(49)65(56(50)37-52(47)60)44-24-16-21-42(33-44)59-62-57(38-17-6-3-7-18-38)61-58(63-59)39-19-8-4-9-20-39/h3-37,57H,1-2H3,(H,61,62,63). The molecule has 0 radical (unpaired) electrons. The molecule has 9 aromatic carbocycles. The Morgan fingerprint density at radius 2 is 1.00 bits per heavy atom. The van der Waals surface area contributed by atoms with Crippen molar-refractivity contribution in [3.63, 3.8) is 0 Å². The van der Waals surface area contributed by atoms with Crippen LogP contribution in [0.25, 0.3) is 77.2 Å². The maximum Gasteiger partial charge on any atom is 0.159 e. The Morgan fingerprint density at radius 1 is 0.415 bits per heavy atom. The van der Waals surface area contributed by atoms with Crippen molar-refractivity contribution in [2.75, 3.05) is 0 Å². The Morgan fingerprint density at radius 3 is 1.77 bits per heavy atom. The second-order valence-electron chi connectivity index (χ2n) is 17.9. The summed E-state index contributed by atoms with van der Waals surface area (Å²) in [6.45, 7) is 4.72. The summed E-state index contributed by atoms with van der Waals surface area (Å²) in [6, 6.07) is 76.7. The normalized spacial score (nSPS) is 15.2. The van der Waals surface area contributed by atoms with Gasteiger partial charge in [-0.25, -0.2) is 9.98 Å². The van der Waals surface area contributed by atoms with Crippen molar-refractivity contribution in [3.05, 3.63) is 240 Å². The molecule has 2 aromatic heterocycles. The Kier molecular flexibility index (Phi) is 8.25. The predicted octanol–water partition coefficient (Wildman–Crippen LogP) is 14.3. The van der Waals surface area contributed by atoms with Gasteiger partial charge in [-0.1, -0.05) is 159 Å². The minimum atomic E-state index is -0.283. The van der Waals surface area contributed by atoms with E-state index in [0.717, 1.165) is 39.4 Å². The number of hydrogen-bond acceptors (Lipinski definition) is 3. The molecule has 13 rings (SSSR count). The van der Waals surface area contributed by atoms with Crippen molar-refractivity contribution in [1.29, 1.82) is 0 Å². The maximum atomic E-state index is 5.25. The lowest BCUT2D eigenvalue weighted by molar-refractivity contribution is 0.661. The molecule has 65 heavy (non-hydrogen) atoms. The number of nitrogens with zero attached hydrogens (tertiary/aromatic N) is 4. The molecule has 0 bridgehead atoms. The highest BCUT2D eigenvalue weighted by Crippen LogP contribution is 2.51. The van der Waals surface area contributed by atoms with Gasteiger partial charge in [0.25, 0.3) is 0 Å². The molecule has 0 saturated carbocycles. The molecule has 11 aromatic rings. The molecular weight excluding hydrogens is 791 g/mol. The van der Waals surface area contributed by atoms with E-state index in [4.69, 9.17) is 9.98 Å². The smallest absolute Gasteiger partial charge is 0.159 e. The predicted molar refractivity (Wildman–Crippen MR) is 270 cm³/mol. The van der Waals surface area contributed by atoms with Gasteiger partial charge in [-0.2, -0.15) is 0 Å². The van der Waals surface area contributed by atoms with Crippen LogP contribution in [0.2, 0.25) is 0 Å². The van der Waals surface area contributed by atoms with Crippen LogP contribution in [0.4, 0.5) is 0 Å². The van der Waals surface area contributed by atoms with E-state index in [-0.39, 0.29) is 11.6 Å². The number of para-hydroxylation sites is 2. The van der Waals surface area contributed by atoms with Crippen LogP contribution < -0.4 is 5.32 Å². The summed E-state index contributed by atoms with van der Waals surface area (Å²) in [4.78, 5) is 10.4. The first-order chi connectivity index (χ1) is 32.0. The number of aliphatic imine (C=N–C) groups is 2. The lowest BCUT2D eigenvalue weighted by Crippen LogP contribution is -2.33. The first kappa shape index (κ1) is 37.3. The summed E-state index contributed by atoms with van der Waals surface area (Å²) in [6.07, 6.45) is -0.283. The van der Waals surface area contributed by atoms with E-state index >= 15 is 0 Å². The number of amidine groups is 2. The van der Waals surface area contributed by atoms with E-state index in [2.05, 4.69) is 228 Å². The monoisotopic (exact) mass is 833 g/mol. The second-order valence-corrected chi connectivity index (χ2v) is 17.9. The van der Waals surface area contributed by atoms with Gasteiger partial charge >= 0.3 is 0 Å². The maximum absolute atomic E-state index is 5.25. The molecule has 2 aliphatic rings. The van der Waals surface area contributed by atoms with Crippen molar-refractivity contribution in [2.24, 2.45) is 9.98 Å². The van der Waals surface area contributed by atoms with Gasteiger partial charge in [-0.3, -0.25) is 0 Å². The van der Waals surface area contributed by atoms with Gasteiger partial charge in [0.05, 0.1) is 22.1 Å². The molecule has 1 N–H and O–H groups in total. The van der Waals surface area contributed by atoms with E-state index in [1.54, 1.807) is 0 Å². The van der Waals surface area contributed by atoms with Gasteiger partial charge in [0.15, 0.2) is 5.84 Å². The Hall–Kier alpha value is -8.28. The van der Waals surface area contributed by atoms with Crippen LogP contribution in [0, 0.1) is 0 Å². The fourth-order valence-corrected chi connectivity index (χ4v) is 10.6. The van der Waals surface area contributed by atoms with Crippen LogP contribution in [0.1, 0.15) is 47.8 Å². The minimum Gasteiger partial charge on any atom is -0.344 e. The van der Waals surface area contributed by atoms with Crippen LogP contribution in [-0.2, 0) is 5.41 Å². The lowest BCUT2D eigenvalue weighted by atomic mass is 9.82. The first-order valence-electron chi connectivity index (χ1n) is 22.4. The van der Waals surface area contributed by atoms with E-state index in [9.17, 15) is 0 Å². The summed E-state index contributed by atoms with van der Waals surface area (Å²) in [7, 11) is 0. The van der Waals surface area contributed by atoms with E-state index in [1.165, 1.54) is 71.5 Å². The molecule has 5 nitrogen and oxygen atoms in total. The molecule has 1 atom stereocenters. The van der Waals surface area contributed by atoms with Gasteiger partial charge in [0, 0.05) is 49.5 Å². The Balaban J connectivity index is 1.01. The highest BCUT2D eigenvalue weighted by Gasteiger charge is 2.36. The second kappa shape index (κ2) is 14.4. The molecule has 1 aliphatic heterocycles. The first-order valence-corrected chi connectivity index (χ1v) is 22.4. The summed E-state index contributed by atoms with van der Waals surface area (Å²) >= 11 is 0. The molecule has 0 saturated heterocycles. The van der Waals surface area contributed by atoms with Gasteiger partial charge in [-0.15, -0.1) is 0 Å². The molecule has 0 spiro atoms. The number of aromatic nitrogens is 2. The molecule has 3 heterocycles. The lowest BCUT2D eigenvalue weighted by Gasteiger charge is -2.24.